The summed E-state index contributed by atoms with van der Waals surface area (Å²) in [7, 11) is 0. The Labute approximate surface area is 289 Å². The summed E-state index contributed by atoms with van der Waals surface area (Å²) in [6, 6.07) is 16.2. The predicted molar refractivity (Wildman–Crippen MR) is 181 cm³/mol. The lowest BCUT2D eigenvalue weighted by Gasteiger charge is -2.14. The molecule has 0 spiro atoms. The molecule has 0 aromatic heterocycles. The van der Waals surface area contributed by atoms with Crippen LogP contribution in [-0.2, 0) is 47.5 Å². The van der Waals surface area contributed by atoms with Crippen LogP contribution in [0.3, 0.4) is 0 Å². The Morgan fingerprint density at radius 3 is 1.61 bits per heavy atom. The summed E-state index contributed by atoms with van der Waals surface area (Å²) in [5, 5.41) is 5.19. The maximum atomic E-state index is 12.2. The molecule has 1 aliphatic carbocycles. The van der Waals surface area contributed by atoms with Gasteiger partial charge in [0.1, 0.15) is 6.61 Å². The highest BCUT2D eigenvalue weighted by molar-refractivity contribution is 5.82. The standard InChI is InChI=1S/C36H52N2O11/c1-2-3-14-48-35(40)12-15-42-17-19-44-21-23-46-25-26-47-24-22-45-20-18-43-16-13-37-34(39)27-38-36(41)49-28-33-31-10-6-4-8-29(31)30-9-5-7-11-32(30)33/h4-11,33H,2-3,12-28H2,1H3,(H,37,39)(H,38,41). The maximum Gasteiger partial charge on any atom is 0.407 e. The van der Waals surface area contributed by atoms with Gasteiger partial charge in [0, 0.05) is 12.5 Å². The molecule has 13 nitrogen and oxygen atoms in total. The van der Waals surface area contributed by atoms with Gasteiger partial charge >= 0.3 is 12.1 Å². The quantitative estimate of drug-likeness (QED) is 0.100. The van der Waals surface area contributed by atoms with Crippen molar-refractivity contribution in [3.8, 4) is 11.1 Å². The van der Waals surface area contributed by atoms with E-state index in [9.17, 15) is 14.4 Å². The molecule has 0 saturated heterocycles. The van der Waals surface area contributed by atoms with Crippen molar-refractivity contribution in [3.05, 3.63) is 59.7 Å². The first-order valence-corrected chi connectivity index (χ1v) is 17.1. The van der Waals surface area contributed by atoms with Crippen LogP contribution in [0, 0.1) is 0 Å². The monoisotopic (exact) mass is 688 g/mol. The third-order valence-electron chi connectivity index (χ3n) is 7.38. The highest BCUT2D eigenvalue weighted by Crippen LogP contribution is 2.44. The van der Waals surface area contributed by atoms with Gasteiger partial charge in [-0.05, 0) is 28.7 Å². The Morgan fingerprint density at radius 1 is 0.592 bits per heavy atom. The summed E-state index contributed by atoms with van der Waals surface area (Å²) < 4.78 is 43.1. The summed E-state index contributed by atoms with van der Waals surface area (Å²) >= 11 is 0. The van der Waals surface area contributed by atoms with Crippen molar-refractivity contribution in [2.75, 3.05) is 106 Å². The van der Waals surface area contributed by atoms with Crippen LogP contribution in [0.1, 0.15) is 43.2 Å². The number of fused-ring (bicyclic) bond motifs is 3. The van der Waals surface area contributed by atoms with E-state index in [-0.39, 0.29) is 37.4 Å². The molecule has 3 rings (SSSR count). The van der Waals surface area contributed by atoms with E-state index in [1.807, 2.05) is 31.2 Å². The topological polar surface area (TPSA) is 149 Å². The number of rotatable bonds is 28. The zero-order valence-corrected chi connectivity index (χ0v) is 28.6. The zero-order chi connectivity index (χ0) is 34.8. The number of ether oxygens (including phenoxy) is 8. The number of hydrogen-bond acceptors (Lipinski definition) is 11. The number of nitrogens with one attached hydrogen (secondary N) is 2. The number of amides is 2. The van der Waals surface area contributed by atoms with Gasteiger partial charge in [0.05, 0.1) is 98.9 Å². The molecular weight excluding hydrogens is 636 g/mol. The average Bonchev–Trinajstić information content (AvgIpc) is 3.44. The van der Waals surface area contributed by atoms with Gasteiger partial charge in [-0.1, -0.05) is 61.9 Å². The second-order valence-corrected chi connectivity index (χ2v) is 11.0. The molecule has 0 atom stereocenters. The van der Waals surface area contributed by atoms with Crippen LogP contribution in [-0.4, -0.2) is 124 Å². The largest absolute Gasteiger partial charge is 0.466 e. The minimum absolute atomic E-state index is 0.0396. The summed E-state index contributed by atoms with van der Waals surface area (Å²) in [6.45, 7) is 7.79. The third kappa shape index (κ3) is 16.6. The molecule has 2 aromatic carbocycles. The first kappa shape index (κ1) is 39.8. The Bertz CT molecular complexity index is 1180. The average molecular weight is 689 g/mol. The summed E-state index contributed by atoms with van der Waals surface area (Å²) in [6.07, 6.45) is 1.49. The molecular formula is C36H52N2O11. The third-order valence-corrected chi connectivity index (χ3v) is 7.38. The Kier molecular flexibility index (Phi) is 20.6. The van der Waals surface area contributed by atoms with Gasteiger partial charge < -0.3 is 48.5 Å². The van der Waals surface area contributed by atoms with Gasteiger partial charge in [0.15, 0.2) is 0 Å². The van der Waals surface area contributed by atoms with Crippen molar-refractivity contribution in [1.29, 1.82) is 0 Å². The predicted octanol–water partition coefficient (Wildman–Crippen LogP) is 3.47. The molecule has 2 aromatic rings. The zero-order valence-electron chi connectivity index (χ0n) is 28.6. The molecule has 0 fully saturated rings. The minimum atomic E-state index is -0.638. The Balaban J connectivity index is 1.03. The lowest BCUT2D eigenvalue weighted by molar-refractivity contribution is -0.145. The van der Waals surface area contributed by atoms with Crippen molar-refractivity contribution < 1.29 is 52.3 Å². The SMILES string of the molecule is CCCCOC(=O)CCOCCOCCOCCOCCOCCOCCNC(=O)CNC(=O)OCC1c2ccccc2-c2ccccc21. The number of alkyl carbamates (subject to hydrolysis) is 1. The van der Waals surface area contributed by atoms with Gasteiger partial charge in [0.25, 0.3) is 0 Å². The van der Waals surface area contributed by atoms with E-state index in [2.05, 4.69) is 34.9 Å². The summed E-state index contributed by atoms with van der Waals surface area (Å²) in [5.74, 6) is -0.605. The number of unbranched alkanes of at least 4 members (excludes halogenated alkanes) is 1. The van der Waals surface area contributed by atoms with E-state index < -0.39 is 6.09 Å². The molecule has 13 heteroatoms. The molecule has 0 heterocycles. The lowest BCUT2D eigenvalue weighted by atomic mass is 9.98. The van der Waals surface area contributed by atoms with Crippen LogP contribution in [0.15, 0.2) is 48.5 Å². The fraction of sp³-hybridized carbons (Fsp3) is 0.583. The van der Waals surface area contributed by atoms with Crippen molar-refractivity contribution in [3.63, 3.8) is 0 Å². The fourth-order valence-corrected chi connectivity index (χ4v) is 4.89. The van der Waals surface area contributed by atoms with Gasteiger partial charge in [0.2, 0.25) is 5.91 Å². The number of carbonyl (C=O) groups is 3. The van der Waals surface area contributed by atoms with Crippen LogP contribution in [0.5, 0.6) is 0 Å². The molecule has 272 valence electrons. The van der Waals surface area contributed by atoms with Crippen molar-refractivity contribution in [1.82, 2.24) is 10.6 Å². The molecule has 0 bridgehead atoms. The molecule has 0 aliphatic heterocycles. The van der Waals surface area contributed by atoms with Crippen molar-refractivity contribution in [2.24, 2.45) is 0 Å². The number of benzene rings is 2. The van der Waals surface area contributed by atoms with Gasteiger partial charge in [-0.2, -0.15) is 0 Å². The van der Waals surface area contributed by atoms with Gasteiger partial charge in [-0.15, -0.1) is 0 Å². The van der Waals surface area contributed by atoms with Crippen molar-refractivity contribution in [2.45, 2.75) is 32.1 Å². The Hall–Kier alpha value is -3.59. The highest BCUT2D eigenvalue weighted by atomic mass is 16.6. The molecule has 0 saturated carbocycles. The molecule has 0 unspecified atom stereocenters. The van der Waals surface area contributed by atoms with E-state index in [0.29, 0.717) is 92.4 Å². The van der Waals surface area contributed by atoms with Crippen LogP contribution in [0.25, 0.3) is 11.1 Å². The van der Waals surface area contributed by atoms with E-state index >= 15 is 0 Å². The number of carbonyl (C=O) groups excluding carboxylic acids is 3. The van der Waals surface area contributed by atoms with Gasteiger partial charge in [-0.25, -0.2) is 4.79 Å². The molecule has 49 heavy (non-hydrogen) atoms. The summed E-state index contributed by atoms with van der Waals surface area (Å²) in [5.41, 5.74) is 4.56. The fourth-order valence-electron chi connectivity index (χ4n) is 4.89. The smallest absolute Gasteiger partial charge is 0.407 e. The molecule has 0 radical (unpaired) electrons. The number of esters is 1. The maximum absolute atomic E-state index is 12.2. The minimum Gasteiger partial charge on any atom is -0.466 e. The van der Waals surface area contributed by atoms with E-state index in [1.54, 1.807) is 0 Å². The molecule has 1 aliphatic rings. The van der Waals surface area contributed by atoms with Gasteiger partial charge in [-0.3, -0.25) is 9.59 Å². The van der Waals surface area contributed by atoms with Crippen LogP contribution in [0.4, 0.5) is 4.79 Å². The molecule has 2 amide bonds. The lowest BCUT2D eigenvalue weighted by Crippen LogP contribution is -2.38. The van der Waals surface area contributed by atoms with E-state index in [4.69, 9.17) is 37.9 Å². The van der Waals surface area contributed by atoms with Crippen LogP contribution in [0.2, 0.25) is 0 Å². The van der Waals surface area contributed by atoms with E-state index in [0.717, 1.165) is 35.1 Å². The van der Waals surface area contributed by atoms with Crippen LogP contribution < -0.4 is 10.6 Å². The van der Waals surface area contributed by atoms with E-state index in [1.165, 1.54) is 0 Å². The Morgan fingerprint density at radius 2 is 1.08 bits per heavy atom. The normalized spacial score (nSPS) is 11.9. The van der Waals surface area contributed by atoms with Crippen molar-refractivity contribution >= 4 is 18.0 Å². The van der Waals surface area contributed by atoms with Crippen LogP contribution >= 0.6 is 0 Å². The number of hydrogen-bond donors (Lipinski definition) is 2. The first-order chi connectivity index (χ1) is 24.1. The summed E-state index contributed by atoms with van der Waals surface area (Å²) in [4.78, 5) is 35.7. The highest BCUT2D eigenvalue weighted by Gasteiger charge is 2.29. The molecule has 2 N–H and O–H groups in total. The first-order valence-electron chi connectivity index (χ1n) is 17.1. The second kappa shape index (κ2) is 25.4. The second-order valence-electron chi connectivity index (χ2n) is 11.0.